The predicted octanol–water partition coefficient (Wildman–Crippen LogP) is 2.30. The van der Waals surface area contributed by atoms with E-state index < -0.39 is 12.1 Å². The Morgan fingerprint density at radius 3 is 2.43 bits per heavy atom. The first-order chi connectivity index (χ1) is 6.63. The number of hydrogen-bond acceptors (Lipinski definition) is 2. The van der Waals surface area contributed by atoms with Gasteiger partial charge in [-0.25, -0.2) is 4.79 Å². The zero-order chi connectivity index (χ0) is 10.6. The van der Waals surface area contributed by atoms with Crippen molar-refractivity contribution < 1.29 is 14.6 Å². The lowest BCUT2D eigenvalue weighted by Crippen LogP contribution is -2.27. The van der Waals surface area contributed by atoms with Crippen molar-refractivity contribution in [3.63, 3.8) is 0 Å². The SMILES string of the molecule is COC(CC1CCC(C)CC1)C(=O)O. The third kappa shape index (κ3) is 3.29. The molecule has 14 heavy (non-hydrogen) atoms. The summed E-state index contributed by atoms with van der Waals surface area (Å²) in [7, 11) is 1.48. The van der Waals surface area contributed by atoms with Gasteiger partial charge in [-0.3, -0.25) is 0 Å². The fourth-order valence-corrected chi connectivity index (χ4v) is 2.17. The minimum atomic E-state index is -0.828. The molecule has 0 spiro atoms. The van der Waals surface area contributed by atoms with Gasteiger partial charge in [-0.05, 0) is 18.3 Å². The minimum absolute atomic E-state index is 0.548. The van der Waals surface area contributed by atoms with E-state index >= 15 is 0 Å². The van der Waals surface area contributed by atoms with E-state index in [4.69, 9.17) is 9.84 Å². The van der Waals surface area contributed by atoms with Gasteiger partial charge < -0.3 is 9.84 Å². The van der Waals surface area contributed by atoms with Gasteiger partial charge in [-0.2, -0.15) is 0 Å². The molecule has 0 amide bonds. The maximum absolute atomic E-state index is 10.7. The standard InChI is InChI=1S/C11H20O3/c1-8-3-5-9(6-4-8)7-10(14-2)11(12)13/h8-10H,3-7H2,1-2H3,(H,12,13). The van der Waals surface area contributed by atoms with E-state index in [0.717, 1.165) is 18.8 Å². The van der Waals surface area contributed by atoms with Crippen LogP contribution in [-0.2, 0) is 9.53 Å². The van der Waals surface area contributed by atoms with Gasteiger partial charge >= 0.3 is 5.97 Å². The second-order valence-electron chi connectivity index (χ2n) is 4.42. The summed E-state index contributed by atoms with van der Waals surface area (Å²) in [5, 5.41) is 8.83. The summed E-state index contributed by atoms with van der Waals surface area (Å²) in [6, 6.07) is 0. The molecule has 1 atom stereocenters. The molecule has 1 N–H and O–H groups in total. The lowest BCUT2D eigenvalue weighted by Gasteiger charge is -2.27. The van der Waals surface area contributed by atoms with Crippen molar-refractivity contribution in [3.05, 3.63) is 0 Å². The van der Waals surface area contributed by atoms with E-state index in [9.17, 15) is 4.79 Å². The molecule has 0 bridgehead atoms. The first-order valence-electron chi connectivity index (χ1n) is 5.39. The van der Waals surface area contributed by atoms with E-state index in [1.165, 1.54) is 20.0 Å². The second kappa shape index (κ2) is 5.35. The molecule has 1 aliphatic carbocycles. The topological polar surface area (TPSA) is 46.5 Å². The fraction of sp³-hybridized carbons (Fsp3) is 0.909. The number of rotatable bonds is 4. The van der Waals surface area contributed by atoms with Crippen LogP contribution >= 0.6 is 0 Å². The molecule has 1 aliphatic rings. The summed E-state index contributed by atoms with van der Waals surface area (Å²) in [4.78, 5) is 10.7. The Labute approximate surface area is 85.5 Å². The summed E-state index contributed by atoms with van der Waals surface area (Å²) in [6.45, 7) is 2.27. The summed E-state index contributed by atoms with van der Waals surface area (Å²) in [6.07, 6.45) is 4.87. The largest absolute Gasteiger partial charge is 0.479 e. The monoisotopic (exact) mass is 200 g/mol. The van der Waals surface area contributed by atoms with Gasteiger partial charge in [0.1, 0.15) is 0 Å². The molecule has 82 valence electrons. The van der Waals surface area contributed by atoms with Gasteiger partial charge in [0.2, 0.25) is 0 Å². The van der Waals surface area contributed by atoms with Gasteiger partial charge in [0.15, 0.2) is 6.10 Å². The van der Waals surface area contributed by atoms with Gasteiger partial charge in [0.05, 0.1) is 0 Å². The lowest BCUT2D eigenvalue weighted by atomic mass is 9.80. The third-order valence-corrected chi connectivity index (χ3v) is 3.24. The van der Waals surface area contributed by atoms with Gasteiger partial charge in [-0.15, -0.1) is 0 Å². The van der Waals surface area contributed by atoms with E-state index in [1.807, 2.05) is 0 Å². The molecule has 1 fully saturated rings. The lowest BCUT2D eigenvalue weighted by molar-refractivity contribution is -0.149. The highest BCUT2D eigenvalue weighted by Gasteiger charge is 2.25. The number of carbonyl (C=O) groups is 1. The summed E-state index contributed by atoms with van der Waals surface area (Å²) < 4.78 is 4.94. The fourth-order valence-electron chi connectivity index (χ4n) is 2.17. The van der Waals surface area contributed by atoms with Crippen molar-refractivity contribution in [1.29, 1.82) is 0 Å². The van der Waals surface area contributed by atoms with Gasteiger partial charge in [0.25, 0.3) is 0 Å². The number of ether oxygens (including phenoxy) is 1. The number of carboxylic acids is 1. The smallest absolute Gasteiger partial charge is 0.332 e. The number of carboxylic acid groups (broad SMARTS) is 1. The first kappa shape index (κ1) is 11.5. The van der Waals surface area contributed by atoms with E-state index in [2.05, 4.69) is 6.92 Å². The molecular formula is C11H20O3. The minimum Gasteiger partial charge on any atom is -0.479 e. The molecule has 0 aromatic heterocycles. The highest BCUT2D eigenvalue weighted by Crippen LogP contribution is 2.31. The summed E-state index contributed by atoms with van der Waals surface area (Å²) in [5.74, 6) is 0.537. The van der Waals surface area contributed by atoms with Crippen LogP contribution in [0.1, 0.15) is 39.0 Å². The van der Waals surface area contributed by atoms with Crippen LogP contribution in [0.5, 0.6) is 0 Å². The average molecular weight is 200 g/mol. The summed E-state index contributed by atoms with van der Waals surface area (Å²) >= 11 is 0. The average Bonchev–Trinajstić information content (AvgIpc) is 2.16. The molecule has 0 saturated heterocycles. The Hall–Kier alpha value is -0.570. The molecule has 3 heteroatoms. The zero-order valence-electron chi connectivity index (χ0n) is 9.03. The van der Waals surface area contributed by atoms with Crippen LogP contribution in [0.4, 0.5) is 0 Å². The number of methoxy groups -OCH3 is 1. The zero-order valence-corrected chi connectivity index (χ0v) is 9.03. The normalized spacial score (nSPS) is 29.9. The highest BCUT2D eigenvalue weighted by molar-refractivity contribution is 5.72. The molecule has 1 rings (SSSR count). The van der Waals surface area contributed by atoms with Crippen LogP contribution in [-0.4, -0.2) is 24.3 Å². The molecule has 0 radical (unpaired) electrons. The van der Waals surface area contributed by atoms with Crippen LogP contribution in [0, 0.1) is 11.8 Å². The van der Waals surface area contributed by atoms with E-state index in [-0.39, 0.29) is 0 Å². The maximum Gasteiger partial charge on any atom is 0.332 e. The Kier molecular flexibility index (Phi) is 4.39. The maximum atomic E-state index is 10.7. The van der Waals surface area contributed by atoms with Crippen LogP contribution in [0.25, 0.3) is 0 Å². The van der Waals surface area contributed by atoms with Crippen molar-refractivity contribution in [2.24, 2.45) is 11.8 Å². The third-order valence-electron chi connectivity index (χ3n) is 3.24. The Bertz CT molecular complexity index is 183. The second-order valence-corrected chi connectivity index (χ2v) is 4.42. The molecule has 1 unspecified atom stereocenters. The molecule has 1 saturated carbocycles. The van der Waals surface area contributed by atoms with Gasteiger partial charge in [0, 0.05) is 7.11 Å². The summed E-state index contributed by atoms with van der Waals surface area (Å²) in [5.41, 5.74) is 0. The molecular weight excluding hydrogens is 180 g/mol. The van der Waals surface area contributed by atoms with Crippen LogP contribution in [0.15, 0.2) is 0 Å². The van der Waals surface area contributed by atoms with Crippen LogP contribution < -0.4 is 0 Å². The van der Waals surface area contributed by atoms with Crippen molar-refractivity contribution in [3.8, 4) is 0 Å². The molecule has 3 nitrogen and oxygen atoms in total. The van der Waals surface area contributed by atoms with Crippen molar-refractivity contribution >= 4 is 5.97 Å². The molecule has 0 heterocycles. The van der Waals surface area contributed by atoms with Crippen molar-refractivity contribution in [2.45, 2.75) is 45.1 Å². The first-order valence-corrected chi connectivity index (χ1v) is 5.39. The Morgan fingerprint density at radius 2 is 2.00 bits per heavy atom. The quantitative estimate of drug-likeness (QED) is 0.757. The van der Waals surface area contributed by atoms with Crippen LogP contribution in [0.3, 0.4) is 0 Å². The molecule has 0 aromatic rings. The van der Waals surface area contributed by atoms with Crippen molar-refractivity contribution in [2.75, 3.05) is 7.11 Å². The highest BCUT2D eigenvalue weighted by atomic mass is 16.5. The van der Waals surface area contributed by atoms with Crippen molar-refractivity contribution in [1.82, 2.24) is 0 Å². The van der Waals surface area contributed by atoms with Crippen LogP contribution in [0.2, 0.25) is 0 Å². The Morgan fingerprint density at radius 1 is 1.43 bits per heavy atom. The van der Waals surface area contributed by atoms with E-state index in [1.54, 1.807) is 0 Å². The molecule has 0 aromatic carbocycles. The molecule has 0 aliphatic heterocycles. The van der Waals surface area contributed by atoms with E-state index in [0.29, 0.717) is 12.3 Å². The van der Waals surface area contributed by atoms with Gasteiger partial charge in [-0.1, -0.05) is 32.6 Å². The Balaban J connectivity index is 2.32. The predicted molar refractivity (Wildman–Crippen MR) is 54.2 cm³/mol. The number of aliphatic carboxylic acids is 1. The number of hydrogen-bond donors (Lipinski definition) is 1.